The van der Waals surface area contributed by atoms with Gasteiger partial charge in [0.05, 0.1) is 0 Å². The molecule has 0 aliphatic heterocycles. The van der Waals surface area contributed by atoms with Crippen LogP contribution in [-0.4, -0.2) is 10.6 Å². The molecule has 0 aromatic carbocycles. The highest BCUT2D eigenvalue weighted by molar-refractivity contribution is 8.22. The van der Waals surface area contributed by atoms with Crippen molar-refractivity contribution < 1.29 is 0 Å². The second-order valence-corrected chi connectivity index (χ2v) is 2.07. The molecule has 0 aromatic rings. The van der Waals surface area contributed by atoms with Gasteiger partial charge in [-0.05, 0) is 6.26 Å². The van der Waals surface area contributed by atoms with Crippen LogP contribution in [0, 0.1) is 0 Å². The van der Waals surface area contributed by atoms with E-state index < -0.39 is 0 Å². The molecule has 0 spiro atoms. The predicted octanol–water partition coefficient (Wildman–Crippen LogP) is 0.755. The minimum absolute atomic E-state index is 0. The summed E-state index contributed by atoms with van der Waals surface area (Å²) in [6.45, 7) is 0. The fourth-order valence-corrected chi connectivity index (χ4v) is 0. The molecule has 0 saturated carbocycles. The van der Waals surface area contributed by atoms with Gasteiger partial charge in [-0.3, -0.25) is 0 Å². The molecule has 0 atom stereocenters. The van der Waals surface area contributed by atoms with E-state index in [0.29, 0.717) is 4.32 Å². The third-order valence-corrected chi connectivity index (χ3v) is 1.10. The molecule has 0 amide bonds. The highest BCUT2D eigenvalue weighted by Crippen LogP contribution is 1.86. The topological polar surface area (TPSA) is 61.0 Å². The molecular weight excluding hydrogens is 116 g/mol. The first-order valence-corrected chi connectivity index (χ1v) is 2.74. The molecule has 0 unspecified atom stereocenters. The Hall–Kier alpha value is 0.200. The molecule has 0 aliphatic rings. The van der Waals surface area contributed by atoms with Gasteiger partial charge in [-0.25, -0.2) is 0 Å². The molecule has 0 aromatic heterocycles. The lowest BCUT2D eigenvalue weighted by atomic mass is 11.5. The van der Waals surface area contributed by atoms with Gasteiger partial charge < -0.3 is 11.9 Å². The zero-order chi connectivity index (χ0) is 4.28. The van der Waals surface area contributed by atoms with E-state index in [9.17, 15) is 0 Å². The van der Waals surface area contributed by atoms with E-state index in [2.05, 4.69) is 12.2 Å². The number of thioether (sulfide) groups is 1. The summed E-state index contributed by atoms with van der Waals surface area (Å²) in [6, 6.07) is 0. The summed E-state index contributed by atoms with van der Waals surface area (Å²) in [6.07, 6.45) is 1.85. The van der Waals surface area contributed by atoms with Gasteiger partial charge in [0.15, 0.2) is 0 Å². The van der Waals surface area contributed by atoms with Crippen molar-refractivity contribution in [2.45, 2.75) is 0 Å². The highest BCUT2D eigenvalue weighted by Gasteiger charge is 1.71. The Morgan fingerprint density at radius 3 is 2.00 bits per heavy atom. The summed E-state index contributed by atoms with van der Waals surface area (Å²) in [5, 5.41) is 0. The third-order valence-electron chi connectivity index (χ3n) is 0.201. The maximum Gasteiger partial charge on any atom is 0.130 e. The minimum Gasteiger partial charge on any atom is -0.385 e. The van der Waals surface area contributed by atoms with Crippen molar-refractivity contribution in [2.75, 3.05) is 6.26 Å². The van der Waals surface area contributed by atoms with Gasteiger partial charge in [-0.2, -0.15) is 0 Å². The fourth-order valence-electron chi connectivity index (χ4n) is 0. The summed E-state index contributed by atoms with van der Waals surface area (Å²) < 4.78 is 0.505. The van der Waals surface area contributed by atoms with Crippen LogP contribution in [0.15, 0.2) is 0 Å². The van der Waals surface area contributed by atoms with Crippen LogP contribution in [-0.2, 0) is 0 Å². The molecule has 0 aliphatic carbocycles. The van der Waals surface area contributed by atoms with Crippen molar-refractivity contribution in [2.24, 2.45) is 5.73 Å². The number of thiocarbonyl (C=S) groups is 1. The molecule has 0 radical (unpaired) electrons. The zero-order valence-electron chi connectivity index (χ0n) is 3.60. The third kappa shape index (κ3) is 8.89. The van der Waals surface area contributed by atoms with Crippen molar-refractivity contribution in [1.82, 2.24) is 6.15 Å². The summed E-state index contributed by atoms with van der Waals surface area (Å²) >= 11 is 5.83. The van der Waals surface area contributed by atoms with E-state index in [1.165, 1.54) is 11.8 Å². The Morgan fingerprint density at radius 2 is 2.00 bits per heavy atom. The Balaban J connectivity index is 0. The first-order chi connectivity index (χ1) is 2.27. The lowest BCUT2D eigenvalue weighted by molar-refractivity contribution is 1.90. The molecular formula is C2H8N2S2. The highest BCUT2D eigenvalue weighted by atomic mass is 32.2. The van der Waals surface area contributed by atoms with Gasteiger partial charge in [0, 0.05) is 0 Å². The van der Waals surface area contributed by atoms with Crippen molar-refractivity contribution in [3.05, 3.63) is 0 Å². The second-order valence-electron chi connectivity index (χ2n) is 0.523. The molecule has 4 heteroatoms. The lowest BCUT2D eigenvalue weighted by Gasteiger charge is -1.78. The fraction of sp³-hybridized carbons (Fsp3) is 0.500. The number of hydrogen-bond donors (Lipinski definition) is 2. The standard InChI is InChI=1S/C2H5NS2.H3N/c1-5-2(3)4;/h1H3,(H2,3,4);1H3. The number of hydrogen-bond acceptors (Lipinski definition) is 3. The van der Waals surface area contributed by atoms with Crippen molar-refractivity contribution in [3.63, 3.8) is 0 Å². The van der Waals surface area contributed by atoms with E-state index in [-0.39, 0.29) is 6.15 Å². The first kappa shape index (κ1) is 9.50. The smallest absolute Gasteiger partial charge is 0.130 e. The molecule has 2 nitrogen and oxygen atoms in total. The molecule has 0 rings (SSSR count). The Morgan fingerprint density at radius 1 is 1.83 bits per heavy atom. The van der Waals surface area contributed by atoms with Crippen LogP contribution >= 0.6 is 24.0 Å². The SMILES string of the molecule is CSC(N)=S.N. The van der Waals surface area contributed by atoms with Gasteiger partial charge in [-0.1, -0.05) is 12.2 Å². The lowest BCUT2D eigenvalue weighted by Crippen LogP contribution is -1.98. The summed E-state index contributed by atoms with van der Waals surface area (Å²) in [5.74, 6) is 0. The van der Waals surface area contributed by atoms with Crippen LogP contribution in [0.3, 0.4) is 0 Å². The predicted molar refractivity (Wildman–Crippen MR) is 35.3 cm³/mol. The molecule has 0 fully saturated rings. The average Bonchev–Trinajstić information content (AvgIpc) is 1.38. The van der Waals surface area contributed by atoms with E-state index in [1.54, 1.807) is 0 Å². The Bertz CT molecular complexity index is 44.8. The van der Waals surface area contributed by atoms with Gasteiger partial charge >= 0.3 is 0 Å². The van der Waals surface area contributed by atoms with Crippen LogP contribution < -0.4 is 11.9 Å². The summed E-state index contributed by atoms with van der Waals surface area (Å²) in [5.41, 5.74) is 4.99. The zero-order valence-corrected chi connectivity index (χ0v) is 5.23. The number of rotatable bonds is 0. The molecule has 38 valence electrons. The van der Waals surface area contributed by atoms with Crippen LogP contribution in [0.25, 0.3) is 0 Å². The van der Waals surface area contributed by atoms with E-state index >= 15 is 0 Å². The quantitative estimate of drug-likeness (QED) is 0.468. The van der Waals surface area contributed by atoms with Gasteiger partial charge in [-0.15, -0.1) is 11.8 Å². The van der Waals surface area contributed by atoms with Crippen LogP contribution in [0.1, 0.15) is 0 Å². The summed E-state index contributed by atoms with van der Waals surface area (Å²) in [7, 11) is 0. The van der Waals surface area contributed by atoms with Crippen LogP contribution in [0.4, 0.5) is 0 Å². The molecule has 0 bridgehead atoms. The Kier molecular flexibility index (Phi) is 8.24. The maximum atomic E-state index is 4.99. The second kappa shape index (κ2) is 5.20. The number of nitrogens with two attached hydrogens (primary N) is 1. The molecule has 0 heterocycles. The molecule has 6 heavy (non-hydrogen) atoms. The van der Waals surface area contributed by atoms with Crippen molar-refractivity contribution in [1.29, 1.82) is 0 Å². The van der Waals surface area contributed by atoms with E-state index in [0.717, 1.165) is 0 Å². The first-order valence-electron chi connectivity index (χ1n) is 1.11. The largest absolute Gasteiger partial charge is 0.385 e. The maximum absolute atomic E-state index is 4.99. The van der Waals surface area contributed by atoms with Crippen molar-refractivity contribution >= 4 is 28.3 Å². The van der Waals surface area contributed by atoms with Crippen molar-refractivity contribution in [3.8, 4) is 0 Å². The van der Waals surface area contributed by atoms with E-state index in [1.807, 2.05) is 6.26 Å². The van der Waals surface area contributed by atoms with E-state index in [4.69, 9.17) is 5.73 Å². The van der Waals surface area contributed by atoms with Gasteiger partial charge in [0.1, 0.15) is 4.32 Å². The minimum atomic E-state index is 0. The molecule has 0 saturated heterocycles. The normalized spacial score (nSPS) is 6.17. The molecule has 5 N–H and O–H groups in total. The van der Waals surface area contributed by atoms with Gasteiger partial charge in [0.2, 0.25) is 0 Å². The Labute approximate surface area is 47.1 Å². The van der Waals surface area contributed by atoms with Crippen LogP contribution in [0.2, 0.25) is 0 Å². The van der Waals surface area contributed by atoms with Crippen LogP contribution in [0.5, 0.6) is 0 Å². The monoisotopic (exact) mass is 124 g/mol. The summed E-state index contributed by atoms with van der Waals surface area (Å²) in [4.78, 5) is 0. The van der Waals surface area contributed by atoms with Gasteiger partial charge in [0.25, 0.3) is 0 Å². The average molecular weight is 124 g/mol.